The van der Waals surface area contributed by atoms with Gasteiger partial charge in [0.15, 0.2) is 0 Å². The average molecular weight is 497 g/mol. The summed E-state index contributed by atoms with van der Waals surface area (Å²) in [5, 5.41) is 13.8. The molecule has 4 rings (SSSR count). The van der Waals surface area contributed by atoms with Crippen molar-refractivity contribution in [1.29, 1.82) is 0 Å². The van der Waals surface area contributed by atoms with Crippen molar-refractivity contribution in [3.63, 3.8) is 0 Å². The van der Waals surface area contributed by atoms with E-state index in [0.29, 0.717) is 18.8 Å². The first-order valence-electron chi connectivity index (χ1n) is 10.6. The van der Waals surface area contributed by atoms with Gasteiger partial charge in [-0.15, -0.1) is 0 Å². The molecule has 0 atom stereocenters. The Morgan fingerprint density at radius 2 is 1.75 bits per heavy atom. The normalized spacial score (nSPS) is 9.83. The summed E-state index contributed by atoms with van der Waals surface area (Å²) >= 11 is 0. The molecule has 0 bridgehead atoms. The van der Waals surface area contributed by atoms with E-state index in [0.717, 1.165) is 40.5 Å². The van der Waals surface area contributed by atoms with Crippen LogP contribution in [0.15, 0.2) is 61.6 Å². The number of ether oxygens (including phenoxy) is 2. The monoisotopic (exact) mass is 496 g/mol. The molecule has 0 amide bonds. The number of hydrogen-bond acceptors (Lipinski definition) is 8. The standard InChI is InChI=1S/C22H24N6O2.2CH2O2/c1-29-10-9-28-15-25-12-17(28)14-27-8-7-26-22(27)16-3-4-21(30-2)18(11-16)19-13-24-6-5-20(19)23;2*2-1-3/h3-8,11-13,15H,9-10,14H2,1-2H3,(H2,23,24);2*1H,(H,2,3). The fourth-order valence-electron chi connectivity index (χ4n) is 3.43. The van der Waals surface area contributed by atoms with Crippen LogP contribution in [0.5, 0.6) is 5.75 Å². The van der Waals surface area contributed by atoms with E-state index in [-0.39, 0.29) is 12.9 Å². The van der Waals surface area contributed by atoms with Crippen LogP contribution in [0.3, 0.4) is 0 Å². The van der Waals surface area contributed by atoms with Gasteiger partial charge in [0.1, 0.15) is 11.6 Å². The van der Waals surface area contributed by atoms with E-state index < -0.39 is 0 Å². The number of carboxylic acid groups (broad SMARTS) is 2. The Labute approximate surface area is 207 Å². The smallest absolute Gasteiger partial charge is 0.290 e. The summed E-state index contributed by atoms with van der Waals surface area (Å²) in [5.41, 5.74) is 10.6. The lowest BCUT2D eigenvalue weighted by molar-refractivity contribution is -0.123. The summed E-state index contributed by atoms with van der Waals surface area (Å²) in [6.45, 7) is 1.53. The minimum absolute atomic E-state index is 0.250. The van der Waals surface area contributed by atoms with Gasteiger partial charge in [0.25, 0.3) is 12.9 Å². The van der Waals surface area contributed by atoms with Crippen LogP contribution in [-0.4, -0.2) is 68.1 Å². The van der Waals surface area contributed by atoms with Crippen LogP contribution in [-0.2, 0) is 27.4 Å². The van der Waals surface area contributed by atoms with E-state index in [9.17, 15) is 0 Å². The topological polar surface area (TPSA) is 168 Å². The SMILES string of the molecule is COCCn1cncc1Cn1ccnc1-c1ccc(OC)c(-c2cnccc2N)c1.O=CO.O=CO. The van der Waals surface area contributed by atoms with E-state index in [1.807, 2.05) is 36.9 Å². The van der Waals surface area contributed by atoms with Gasteiger partial charge in [-0.3, -0.25) is 14.6 Å². The second-order valence-corrected chi connectivity index (χ2v) is 7.04. The molecule has 12 nitrogen and oxygen atoms in total. The van der Waals surface area contributed by atoms with Crippen LogP contribution < -0.4 is 10.5 Å². The lowest BCUT2D eigenvalue weighted by Gasteiger charge is -2.14. The van der Waals surface area contributed by atoms with Crippen molar-refractivity contribution in [2.24, 2.45) is 0 Å². The molecule has 12 heteroatoms. The van der Waals surface area contributed by atoms with Crippen molar-refractivity contribution in [3.8, 4) is 28.3 Å². The molecule has 0 saturated heterocycles. The van der Waals surface area contributed by atoms with E-state index in [1.165, 1.54) is 0 Å². The molecular weight excluding hydrogens is 468 g/mol. The van der Waals surface area contributed by atoms with Gasteiger partial charge < -0.3 is 34.6 Å². The van der Waals surface area contributed by atoms with Gasteiger partial charge in [0.2, 0.25) is 0 Å². The number of methoxy groups -OCH3 is 2. The summed E-state index contributed by atoms with van der Waals surface area (Å²) in [7, 11) is 3.34. The van der Waals surface area contributed by atoms with Gasteiger partial charge in [-0.2, -0.15) is 0 Å². The number of nitrogens with two attached hydrogens (primary N) is 1. The Balaban J connectivity index is 0.000000693. The molecule has 0 radical (unpaired) electrons. The third kappa shape index (κ3) is 7.14. The van der Waals surface area contributed by atoms with Crippen molar-refractivity contribution in [2.75, 3.05) is 26.6 Å². The lowest BCUT2D eigenvalue weighted by Crippen LogP contribution is -2.10. The number of aromatic nitrogens is 5. The predicted molar refractivity (Wildman–Crippen MR) is 132 cm³/mol. The van der Waals surface area contributed by atoms with E-state index in [2.05, 4.69) is 24.1 Å². The van der Waals surface area contributed by atoms with Gasteiger partial charge in [-0.1, -0.05) is 0 Å². The van der Waals surface area contributed by atoms with Crippen LogP contribution in [0, 0.1) is 0 Å². The molecule has 3 heterocycles. The maximum atomic E-state index is 8.36. The number of pyridine rings is 1. The van der Waals surface area contributed by atoms with Crippen LogP contribution in [0.2, 0.25) is 0 Å². The van der Waals surface area contributed by atoms with Crippen molar-refractivity contribution < 1.29 is 29.3 Å². The molecule has 4 N–H and O–H groups in total. The minimum atomic E-state index is -0.250. The maximum absolute atomic E-state index is 8.36. The number of carbonyl (C=O) groups is 2. The molecule has 0 unspecified atom stereocenters. The predicted octanol–water partition coefficient (Wildman–Crippen LogP) is 2.50. The third-order valence-corrected chi connectivity index (χ3v) is 4.99. The molecule has 0 aliphatic heterocycles. The molecule has 190 valence electrons. The van der Waals surface area contributed by atoms with Crippen LogP contribution in [0.4, 0.5) is 5.69 Å². The van der Waals surface area contributed by atoms with Crippen LogP contribution in [0.1, 0.15) is 5.69 Å². The summed E-state index contributed by atoms with van der Waals surface area (Å²) in [4.78, 5) is 29.8. The highest BCUT2D eigenvalue weighted by Gasteiger charge is 2.14. The van der Waals surface area contributed by atoms with Crippen molar-refractivity contribution >= 4 is 18.6 Å². The number of anilines is 1. The van der Waals surface area contributed by atoms with E-state index in [4.69, 9.17) is 35.0 Å². The summed E-state index contributed by atoms with van der Waals surface area (Å²) < 4.78 is 14.9. The second kappa shape index (κ2) is 14.5. The lowest BCUT2D eigenvalue weighted by atomic mass is 10.0. The van der Waals surface area contributed by atoms with Crippen molar-refractivity contribution in [3.05, 3.63) is 67.3 Å². The second-order valence-electron chi connectivity index (χ2n) is 7.04. The summed E-state index contributed by atoms with van der Waals surface area (Å²) in [6.07, 6.45) is 10.9. The molecular formula is C24H28N6O6. The Bertz CT molecular complexity index is 1230. The van der Waals surface area contributed by atoms with Gasteiger partial charge in [-0.05, 0) is 24.3 Å². The molecule has 0 aliphatic carbocycles. The molecule has 0 spiro atoms. The zero-order chi connectivity index (χ0) is 26.3. The molecule has 36 heavy (non-hydrogen) atoms. The van der Waals surface area contributed by atoms with Crippen molar-refractivity contribution in [1.82, 2.24) is 24.1 Å². The first kappa shape index (κ1) is 27.5. The molecule has 0 aliphatic rings. The first-order valence-corrected chi connectivity index (χ1v) is 10.6. The molecule has 3 aromatic heterocycles. The minimum Gasteiger partial charge on any atom is -0.496 e. The number of hydrogen-bond donors (Lipinski definition) is 3. The van der Waals surface area contributed by atoms with E-state index in [1.54, 1.807) is 38.9 Å². The first-order chi connectivity index (χ1) is 17.5. The fraction of sp³-hybridized carbons (Fsp3) is 0.208. The van der Waals surface area contributed by atoms with Gasteiger partial charge in [-0.25, -0.2) is 9.97 Å². The number of imidazole rings is 2. The zero-order valence-electron chi connectivity index (χ0n) is 19.9. The highest BCUT2D eigenvalue weighted by atomic mass is 16.5. The Kier molecular flexibility index (Phi) is 11.1. The Morgan fingerprint density at radius 1 is 1.00 bits per heavy atom. The zero-order valence-corrected chi connectivity index (χ0v) is 19.9. The summed E-state index contributed by atoms with van der Waals surface area (Å²) in [5.74, 6) is 1.58. The van der Waals surface area contributed by atoms with Crippen LogP contribution in [0.25, 0.3) is 22.5 Å². The quantitative estimate of drug-likeness (QED) is 0.308. The molecule has 0 saturated carbocycles. The molecule has 0 fully saturated rings. The van der Waals surface area contributed by atoms with Gasteiger partial charge in [0.05, 0.1) is 32.3 Å². The largest absolute Gasteiger partial charge is 0.496 e. The number of nitrogens with zero attached hydrogens (tertiary/aromatic N) is 5. The average Bonchev–Trinajstić information content (AvgIpc) is 3.53. The highest BCUT2D eigenvalue weighted by Crippen LogP contribution is 2.36. The fourth-order valence-corrected chi connectivity index (χ4v) is 3.43. The number of rotatable bonds is 8. The Hall–Kier alpha value is -4.71. The molecule has 4 aromatic rings. The molecule has 1 aromatic carbocycles. The van der Waals surface area contributed by atoms with Gasteiger partial charge >= 0.3 is 0 Å². The van der Waals surface area contributed by atoms with E-state index >= 15 is 0 Å². The van der Waals surface area contributed by atoms with Gasteiger partial charge in [0, 0.05) is 67.0 Å². The summed E-state index contributed by atoms with van der Waals surface area (Å²) in [6, 6.07) is 7.74. The Morgan fingerprint density at radius 3 is 2.42 bits per heavy atom. The highest BCUT2D eigenvalue weighted by molar-refractivity contribution is 5.82. The third-order valence-electron chi connectivity index (χ3n) is 4.99. The van der Waals surface area contributed by atoms with Crippen LogP contribution >= 0.6 is 0 Å². The number of benzene rings is 1. The maximum Gasteiger partial charge on any atom is 0.290 e. The van der Waals surface area contributed by atoms with Crippen molar-refractivity contribution in [2.45, 2.75) is 13.1 Å². The number of nitrogen functional groups attached to an aromatic ring is 1.